The first-order valence-corrected chi connectivity index (χ1v) is 14.9. The molecule has 1 saturated carbocycles. The third-order valence-electron chi connectivity index (χ3n) is 8.51. The molecular formula is C34H37F5O3. The number of ether oxygens (including phenoxy) is 3. The second-order valence-electron chi connectivity index (χ2n) is 11.5. The zero-order valence-corrected chi connectivity index (χ0v) is 23.8. The predicted octanol–water partition coefficient (Wildman–Crippen LogP) is 9.40. The van der Waals surface area contributed by atoms with E-state index >= 15 is 0 Å². The van der Waals surface area contributed by atoms with Crippen LogP contribution in [0.1, 0.15) is 86.0 Å². The molecule has 0 aromatic heterocycles. The van der Waals surface area contributed by atoms with E-state index in [1.54, 1.807) is 24.3 Å². The molecule has 0 amide bonds. The zero-order valence-electron chi connectivity index (χ0n) is 23.8. The summed E-state index contributed by atoms with van der Waals surface area (Å²) >= 11 is 0. The highest BCUT2D eigenvalue weighted by molar-refractivity contribution is 5.32. The van der Waals surface area contributed by atoms with Crippen LogP contribution in [0.25, 0.3) is 0 Å². The lowest BCUT2D eigenvalue weighted by atomic mass is 9.78. The van der Waals surface area contributed by atoms with E-state index in [2.05, 4.69) is 6.92 Å². The van der Waals surface area contributed by atoms with Crippen LogP contribution < -0.4 is 4.74 Å². The molecule has 0 radical (unpaired) electrons. The van der Waals surface area contributed by atoms with Crippen molar-refractivity contribution in [2.45, 2.75) is 82.5 Å². The molecule has 0 bridgehead atoms. The molecule has 2 aliphatic rings. The maximum Gasteiger partial charge on any atom is 0.426 e. The van der Waals surface area contributed by atoms with Gasteiger partial charge in [-0.25, -0.2) is 13.2 Å². The minimum Gasteiger partial charge on any atom is -0.429 e. The molecule has 0 spiro atoms. The van der Waals surface area contributed by atoms with Gasteiger partial charge in [0.1, 0.15) is 5.75 Å². The highest BCUT2D eigenvalue weighted by Gasteiger charge is 2.36. The first-order chi connectivity index (χ1) is 20.2. The predicted molar refractivity (Wildman–Crippen MR) is 150 cm³/mol. The Balaban J connectivity index is 1.09. The number of benzene rings is 3. The topological polar surface area (TPSA) is 27.7 Å². The highest BCUT2D eigenvalue weighted by atomic mass is 19.3. The van der Waals surface area contributed by atoms with Crippen molar-refractivity contribution in [3.05, 3.63) is 100 Å². The monoisotopic (exact) mass is 588 g/mol. The maximum absolute atomic E-state index is 14.8. The van der Waals surface area contributed by atoms with Gasteiger partial charge in [-0.05, 0) is 97.5 Å². The van der Waals surface area contributed by atoms with Crippen molar-refractivity contribution >= 4 is 0 Å². The summed E-state index contributed by atoms with van der Waals surface area (Å²) < 4.78 is 87.4. The quantitative estimate of drug-likeness (QED) is 0.134. The van der Waals surface area contributed by atoms with E-state index in [0.29, 0.717) is 31.6 Å². The van der Waals surface area contributed by atoms with Crippen LogP contribution in [0.4, 0.5) is 22.0 Å². The minimum absolute atomic E-state index is 0.0368. The summed E-state index contributed by atoms with van der Waals surface area (Å²) in [5.41, 5.74) is 2.25. The summed E-state index contributed by atoms with van der Waals surface area (Å²) in [6.45, 7) is 2.99. The zero-order chi connectivity index (χ0) is 29.7. The minimum atomic E-state index is -3.45. The average Bonchev–Trinajstić information content (AvgIpc) is 3.00. The number of aryl methyl sites for hydroxylation is 1. The van der Waals surface area contributed by atoms with Crippen LogP contribution in [-0.2, 0) is 22.0 Å². The van der Waals surface area contributed by atoms with Crippen molar-refractivity contribution in [3.8, 4) is 5.75 Å². The molecule has 3 nitrogen and oxygen atoms in total. The van der Waals surface area contributed by atoms with Gasteiger partial charge < -0.3 is 14.2 Å². The molecule has 1 aliphatic heterocycles. The fraction of sp³-hybridized carbons (Fsp3) is 0.471. The Morgan fingerprint density at radius 2 is 1.38 bits per heavy atom. The Labute approximate surface area is 244 Å². The van der Waals surface area contributed by atoms with E-state index in [-0.39, 0.29) is 35.4 Å². The number of hydrogen-bond donors (Lipinski definition) is 0. The highest BCUT2D eigenvalue weighted by Crippen LogP contribution is 2.40. The molecule has 0 unspecified atom stereocenters. The Bertz CT molecular complexity index is 1270. The largest absolute Gasteiger partial charge is 0.429 e. The smallest absolute Gasteiger partial charge is 0.426 e. The van der Waals surface area contributed by atoms with Crippen molar-refractivity contribution in [1.29, 1.82) is 0 Å². The summed E-state index contributed by atoms with van der Waals surface area (Å²) in [6.07, 6.45) is 3.26. The fourth-order valence-corrected chi connectivity index (χ4v) is 5.98. The number of alkyl halides is 2. The third kappa shape index (κ3) is 7.32. The van der Waals surface area contributed by atoms with Crippen LogP contribution in [0.2, 0.25) is 0 Å². The Hall–Kier alpha value is -2.97. The van der Waals surface area contributed by atoms with E-state index in [4.69, 9.17) is 14.2 Å². The van der Waals surface area contributed by atoms with Gasteiger partial charge in [-0.15, -0.1) is 0 Å². The standard InChI is InChI=1S/C34H37F5O3/c1-2-3-4-5-22-6-14-28(15-7-22)34(38,39)42-29-16-12-24(13-17-29)27-20-40-33(41-21-27)25-10-8-23(9-11-25)26-18-30(35)32(37)31(36)19-26/h6-7,12-19,23,25,27,33H,2-5,8-11,20-21H2,1H3. The Kier molecular flexibility index (Phi) is 9.84. The second kappa shape index (κ2) is 13.6. The second-order valence-corrected chi connectivity index (χ2v) is 11.5. The summed E-state index contributed by atoms with van der Waals surface area (Å²) in [7, 11) is 0. The maximum atomic E-state index is 14.8. The molecule has 226 valence electrons. The van der Waals surface area contributed by atoms with Crippen LogP contribution in [-0.4, -0.2) is 19.5 Å². The Morgan fingerprint density at radius 1 is 0.762 bits per heavy atom. The molecule has 1 aliphatic carbocycles. The van der Waals surface area contributed by atoms with Gasteiger partial charge in [-0.3, -0.25) is 0 Å². The lowest BCUT2D eigenvalue weighted by Crippen LogP contribution is -2.37. The van der Waals surface area contributed by atoms with Gasteiger partial charge in [-0.1, -0.05) is 44.0 Å². The molecule has 3 aromatic rings. The van der Waals surface area contributed by atoms with Crippen molar-refractivity contribution in [1.82, 2.24) is 0 Å². The third-order valence-corrected chi connectivity index (χ3v) is 8.51. The van der Waals surface area contributed by atoms with Crippen LogP contribution in [0.3, 0.4) is 0 Å². The van der Waals surface area contributed by atoms with Gasteiger partial charge in [0, 0.05) is 11.8 Å². The van der Waals surface area contributed by atoms with E-state index < -0.39 is 23.6 Å². The summed E-state index contributed by atoms with van der Waals surface area (Å²) in [4.78, 5) is 0. The molecule has 42 heavy (non-hydrogen) atoms. The number of halogens is 5. The van der Waals surface area contributed by atoms with Gasteiger partial charge in [0.15, 0.2) is 23.7 Å². The summed E-state index contributed by atoms with van der Waals surface area (Å²) in [5, 5.41) is 0. The molecule has 1 heterocycles. The van der Waals surface area contributed by atoms with Crippen LogP contribution in [0, 0.1) is 23.4 Å². The van der Waals surface area contributed by atoms with E-state index in [1.807, 2.05) is 0 Å². The number of unbranched alkanes of at least 4 members (excludes halogenated alkanes) is 2. The lowest BCUT2D eigenvalue weighted by molar-refractivity contribution is -0.217. The van der Waals surface area contributed by atoms with Gasteiger partial charge in [0.05, 0.1) is 18.8 Å². The van der Waals surface area contributed by atoms with E-state index in [9.17, 15) is 22.0 Å². The lowest BCUT2D eigenvalue weighted by Gasteiger charge is -2.38. The normalized spacial score (nSPS) is 23.1. The molecule has 8 heteroatoms. The van der Waals surface area contributed by atoms with Gasteiger partial charge >= 0.3 is 6.11 Å². The fourth-order valence-electron chi connectivity index (χ4n) is 5.98. The van der Waals surface area contributed by atoms with Crippen LogP contribution in [0.15, 0.2) is 60.7 Å². The SMILES string of the molecule is CCCCCc1ccc(C(F)(F)Oc2ccc(C3COC(C4CCC(c5cc(F)c(F)c(F)c5)CC4)OC3)cc2)cc1. The van der Waals surface area contributed by atoms with Crippen molar-refractivity contribution in [2.24, 2.45) is 5.92 Å². The molecule has 0 atom stereocenters. The van der Waals surface area contributed by atoms with Crippen molar-refractivity contribution in [3.63, 3.8) is 0 Å². The van der Waals surface area contributed by atoms with Gasteiger partial charge in [-0.2, -0.15) is 8.78 Å². The van der Waals surface area contributed by atoms with Crippen LogP contribution >= 0.6 is 0 Å². The molecule has 1 saturated heterocycles. The summed E-state index contributed by atoms with van der Waals surface area (Å²) in [6, 6.07) is 15.1. The first kappa shape index (κ1) is 30.5. The average molecular weight is 589 g/mol. The van der Waals surface area contributed by atoms with Gasteiger partial charge in [0.25, 0.3) is 0 Å². The Morgan fingerprint density at radius 3 is 1.98 bits per heavy atom. The molecule has 5 rings (SSSR count). The van der Waals surface area contributed by atoms with Crippen molar-refractivity contribution in [2.75, 3.05) is 13.2 Å². The number of rotatable bonds is 10. The van der Waals surface area contributed by atoms with E-state index in [0.717, 1.165) is 61.8 Å². The molecular weight excluding hydrogens is 551 g/mol. The van der Waals surface area contributed by atoms with Gasteiger partial charge in [0.2, 0.25) is 0 Å². The molecule has 3 aromatic carbocycles. The number of hydrogen-bond acceptors (Lipinski definition) is 3. The van der Waals surface area contributed by atoms with E-state index in [1.165, 1.54) is 24.3 Å². The first-order valence-electron chi connectivity index (χ1n) is 14.9. The molecule has 2 fully saturated rings. The van der Waals surface area contributed by atoms with Crippen LogP contribution in [0.5, 0.6) is 5.75 Å². The molecule has 0 N–H and O–H groups in total. The van der Waals surface area contributed by atoms with Crippen molar-refractivity contribution < 1.29 is 36.2 Å². The summed E-state index contributed by atoms with van der Waals surface area (Å²) in [5.74, 6) is -3.61.